The van der Waals surface area contributed by atoms with E-state index in [0.717, 1.165) is 6.20 Å². The van der Waals surface area contributed by atoms with Crippen LogP contribution in [-0.4, -0.2) is 9.97 Å². The second-order valence-electron chi connectivity index (χ2n) is 1.58. The molecule has 10 heavy (non-hydrogen) atoms. The Hall–Kier alpha value is -0.960. The van der Waals surface area contributed by atoms with Gasteiger partial charge in [-0.15, -0.1) is 0 Å². The number of nitrogens with zero attached hydrogens (tertiary/aromatic N) is 2. The van der Waals surface area contributed by atoms with Crippen molar-refractivity contribution in [3.63, 3.8) is 0 Å². The van der Waals surface area contributed by atoms with Crippen LogP contribution in [0, 0.1) is 5.82 Å². The monoisotopic (exact) mass is 158 g/mol. The first-order valence-corrected chi connectivity index (χ1v) is 2.92. The molecule has 1 rings (SSSR count). The first kappa shape index (κ1) is 7.15. The highest BCUT2D eigenvalue weighted by Crippen LogP contribution is 2.06. The van der Waals surface area contributed by atoms with Crippen LogP contribution >= 0.6 is 11.6 Å². The van der Waals surface area contributed by atoms with E-state index >= 15 is 0 Å². The molecule has 0 aliphatic carbocycles. The Bertz CT molecular complexity index is 262. The van der Waals surface area contributed by atoms with Crippen LogP contribution in [0.3, 0.4) is 0 Å². The highest BCUT2D eigenvalue weighted by atomic mass is 35.5. The summed E-state index contributed by atoms with van der Waals surface area (Å²) in [5, 5.41) is 0.0244. The van der Waals surface area contributed by atoms with Crippen molar-refractivity contribution in [2.45, 2.75) is 0 Å². The Morgan fingerprint density at radius 1 is 1.70 bits per heavy atom. The minimum atomic E-state index is -0.514. The van der Waals surface area contributed by atoms with Gasteiger partial charge in [0.1, 0.15) is 5.69 Å². The predicted molar refractivity (Wildman–Crippen MR) is 37.1 cm³/mol. The summed E-state index contributed by atoms with van der Waals surface area (Å²) in [5.41, 5.74) is 0.125. The average Bonchev–Trinajstić information content (AvgIpc) is 1.94. The van der Waals surface area contributed by atoms with Gasteiger partial charge in [0.2, 0.25) is 5.28 Å². The van der Waals surface area contributed by atoms with Crippen LogP contribution in [0.2, 0.25) is 5.28 Å². The van der Waals surface area contributed by atoms with Gasteiger partial charge in [-0.3, -0.25) is 0 Å². The number of hydrogen-bond donors (Lipinski definition) is 0. The maximum absolute atomic E-state index is 12.5. The molecule has 1 heterocycles. The van der Waals surface area contributed by atoms with E-state index in [9.17, 15) is 4.39 Å². The lowest BCUT2D eigenvalue weighted by Gasteiger charge is -1.92. The van der Waals surface area contributed by atoms with Gasteiger partial charge in [0.05, 0.1) is 6.20 Å². The van der Waals surface area contributed by atoms with E-state index < -0.39 is 5.82 Å². The van der Waals surface area contributed by atoms with Crippen molar-refractivity contribution in [2.24, 2.45) is 0 Å². The fourth-order valence-electron chi connectivity index (χ4n) is 0.501. The Morgan fingerprint density at radius 3 is 2.90 bits per heavy atom. The number of hydrogen-bond acceptors (Lipinski definition) is 2. The van der Waals surface area contributed by atoms with E-state index in [1.807, 2.05) is 0 Å². The van der Waals surface area contributed by atoms with Gasteiger partial charge < -0.3 is 0 Å². The van der Waals surface area contributed by atoms with E-state index in [1.165, 1.54) is 6.08 Å². The molecule has 0 aliphatic heterocycles. The van der Waals surface area contributed by atoms with Gasteiger partial charge in [0, 0.05) is 0 Å². The molecule has 52 valence electrons. The highest BCUT2D eigenvalue weighted by molar-refractivity contribution is 6.28. The lowest BCUT2D eigenvalue weighted by Crippen LogP contribution is -1.90. The molecule has 0 fully saturated rings. The largest absolute Gasteiger partial charge is 0.223 e. The number of rotatable bonds is 1. The fraction of sp³-hybridized carbons (Fsp3) is 0. The van der Waals surface area contributed by atoms with Crippen LogP contribution in [-0.2, 0) is 0 Å². The SMILES string of the molecule is C=Cc1nc(Cl)ncc1F. The molecule has 0 aromatic carbocycles. The third-order valence-electron chi connectivity index (χ3n) is 0.935. The fourth-order valence-corrected chi connectivity index (χ4v) is 0.641. The summed E-state index contributed by atoms with van der Waals surface area (Å²) < 4.78 is 12.5. The van der Waals surface area contributed by atoms with Crippen molar-refractivity contribution in [1.29, 1.82) is 0 Å². The third kappa shape index (κ3) is 1.30. The van der Waals surface area contributed by atoms with E-state index in [2.05, 4.69) is 16.5 Å². The molecule has 0 N–H and O–H groups in total. The van der Waals surface area contributed by atoms with Crippen LogP contribution in [0.15, 0.2) is 12.8 Å². The summed E-state index contributed by atoms with van der Waals surface area (Å²) in [7, 11) is 0. The summed E-state index contributed by atoms with van der Waals surface area (Å²) in [6.07, 6.45) is 2.29. The zero-order valence-corrected chi connectivity index (χ0v) is 5.77. The van der Waals surface area contributed by atoms with Crippen molar-refractivity contribution in [3.8, 4) is 0 Å². The molecule has 0 radical (unpaired) electrons. The van der Waals surface area contributed by atoms with Crippen LogP contribution in [0.4, 0.5) is 4.39 Å². The maximum atomic E-state index is 12.5. The van der Waals surface area contributed by atoms with Gasteiger partial charge in [-0.25, -0.2) is 14.4 Å². The van der Waals surface area contributed by atoms with Gasteiger partial charge in [-0.05, 0) is 17.7 Å². The maximum Gasteiger partial charge on any atom is 0.223 e. The Kier molecular flexibility index (Phi) is 1.97. The summed E-state index contributed by atoms with van der Waals surface area (Å²) in [6, 6.07) is 0. The van der Waals surface area contributed by atoms with Crippen molar-refractivity contribution < 1.29 is 4.39 Å². The number of halogens is 2. The molecule has 0 unspecified atom stereocenters. The van der Waals surface area contributed by atoms with Crippen molar-refractivity contribution in [2.75, 3.05) is 0 Å². The molecule has 4 heteroatoms. The van der Waals surface area contributed by atoms with Gasteiger partial charge in [0.25, 0.3) is 0 Å². The topological polar surface area (TPSA) is 25.8 Å². The van der Waals surface area contributed by atoms with Crippen LogP contribution < -0.4 is 0 Å². The van der Waals surface area contributed by atoms with Crippen molar-refractivity contribution >= 4 is 17.7 Å². The Labute approximate surface area is 62.4 Å². The van der Waals surface area contributed by atoms with Crippen molar-refractivity contribution in [3.05, 3.63) is 29.6 Å². The molecule has 1 aromatic rings. The Morgan fingerprint density at radius 2 is 2.40 bits per heavy atom. The lowest BCUT2D eigenvalue weighted by molar-refractivity contribution is 0.610. The molecule has 0 atom stereocenters. The summed E-state index contributed by atoms with van der Waals surface area (Å²) in [4.78, 5) is 6.97. The first-order valence-electron chi connectivity index (χ1n) is 2.54. The molecule has 0 saturated heterocycles. The molecular weight excluding hydrogens is 155 g/mol. The molecular formula is C6H4ClFN2. The second-order valence-corrected chi connectivity index (χ2v) is 1.91. The predicted octanol–water partition coefficient (Wildman–Crippen LogP) is 1.91. The smallest absolute Gasteiger partial charge is 0.223 e. The van der Waals surface area contributed by atoms with Gasteiger partial charge in [-0.2, -0.15) is 0 Å². The molecule has 2 nitrogen and oxygen atoms in total. The van der Waals surface area contributed by atoms with Crippen LogP contribution in [0.1, 0.15) is 5.69 Å². The summed E-state index contributed by atoms with van der Waals surface area (Å²) in [5.74, 6) is -0.514. The summed E-state index contributed by atoms with van der Waals surface area (Å²) in [6.45, 7) is 3.34. The van der Waals surface area contributed by atoms with E-state index in [-0.39, 0.29) is 11.0 Å². The highest BCUT2D eigenvalue weighted by Gasteiger charge is 1.99. The normalized spacial score (nSPS) is 9.40. The lowest BCUT2D eigenvalue weighted by atomic mass is 10.4. The minimum absolute atomic E-state index is 0.0244. The Balaban J connectivity index is 3.21. The molecule has 0 aliphatic rings. The van der Waals surface area contributed by atoms with E-state index in [1.54, 1.807) is 0 Å². The number of aromatic nitrogens is 2. The minimum Gasteiger partial charge on any atom is -0.223 e. The van der Waals surface area contributed by atoms with E-state index in [0.29, 0.717) is 0 Å². The van der Waals surface area contributed by atoms with Gasteiger partial charge >= 0.3 is 0 Å². The quantitative estimate of drug-likeness (QED) is 0.584. The second kappa shape index (κ2) is 2.75. The summed E-state index contributed by atoms with van der Waals surface area (Å²) >= 11 is 5.36. The van der Waals surface area contributed by atoms with Gasteiger partial charge in [0.15, 0.2) is 5.82 Å². The molecule has 0 bridgehead atoms. The standard InChI is InChI=1S/C6H4ClFN2/c1-2-5-4(8)3-9-6(7)10-5/h2-3H,1H2. The zero-order valence-electron chi connectivity index (χ0n) is 5.01. The first-order chi connectivity index (χ1) is 4.74. The van der Waals surface area contributed by atoms with Crippen LogP contribution in [0.5, 0.6) is 0 Å². The molecule has 0 spiro atoms. The van der Waals surface area contributed by atoms with E-state index in [4.69, 9.17) is 11.6 Å². The molecule has 1 aromatic heterocycles. The van der Waals surface area contributed by atoms with Gasteiger partial charge in [-0.1, -0.05) is 6.58 Å². The van der Waals surface area contributed by atoms with Crippen molar-refractivity contribution in [1.82, 2.24) is 9.97 Å². The zero-order chi connectivity index (χ0) is 7.56. The average molecular weight is 159 g/mol. The third-order valence-corrected chi connectivity index (χ3v) is 1.12. The van der Waals surface area contributed by atoms with Crippen LogP contribution in [0.25, 0.3) is 6.08 Å². The molecule has 0 saturated carbocycles. The molecule has 0 amide bonds.